The lowest BCUT2D eigenvalue weighted by Gasteiger charge is -2.34. The predicted octanol–water partition coefficient (Wildman–Crippen LogP) is 2.78. The van der Waals surface area contributed by atoms with Crippen molar-refractivity contribution in [2.45, 2.75) is 71.4 Å². The molecule has 2 amide bonds. The molecule has 3 heterocycles. The minimum Gasteiger partial charge on any atom is -0.341 e. The highest BCUT2D eigenvalue weighted by Crippen LogP contribution is 2.28. The molecule has 0 aromatic carbocycles. The van der Waals surface area contributed by atoms with E-state index in [0.29, 0.717) is 12.0 Å². The fraction of sp³-hybridized carbons (Fsp3) is 0.750. The van der Waals surface area contributed by atoms with E-state index in [4.69, 9.17) is 0 Å². The van der Waals surface area contributed by atoms with E-state index >= 15 is 0 Å². The fourth-order valence-electron chi connectivity index (χ4n) is 4.58. The molecule has 144 valence electrons. The number of nitrogens with zero attached hydrogens (tertiary/aromatic N) is 4. The van der Waals surface area contributed by atoms with Gasteiger partial charge in [-0.1, -0.05) is 0 Å². The SMILES string of the molecule is CC(=O)N1CCC[C@H]1CCC1CCN(C(=O)C(C)n2nccc2C)CC1. The summed E-state index contributed by atoms with van der Waals surface area (Å²) in [6.45, 7) is 8.22. The molecule has 0 spiro atoms. The molecule has 2 saturated heterocycles. The van der Waals surface area contributed by atoms with Crippen LogP contribution in [0.25, 0.3) is 0 Å². The molecule has 0 N–H and O–H groups in total. The Balaban J connectivity index is 1.45. The molecule has 26 heavy (non-hydrogen) atoms. The molecule has 2 aliphatic heterocycles. The van der Waals surface area contributed by atoms with Gasteiger partial charge in [0.2, 0.25) is 11.8 Å². The lowest BCUT2D eigenvalue weighted by Crippen LogP contribution is -2.42. The van der Waals surface area contributed by atoms with Gasteiger partial charge in [-0.25, -0.2) is 0 Å². The maximum absolute atomic E-state index is 12.8. The third-order valence-electron chi connectivity index (χ3n) is 6.21. The molecule has 2 aliphatic rings. The molecule has 1 aromatic heterocycles. The molecule has 2 atom stereocenters. The third-order valence-corrected chi connectivity index (χ3v) is 6.21. The van der Waals surface area contributed by atoms with Gasteiger partial charge in [0, 0.05) is 44.5 Å². The summed E-state index contributed by atoms with van der Waals surface area (Å²) in [6, 6.07) is 2.14. The average Bonchev–Trinajstić information content (AvgIpc) is 3.28. The van der Waals surface area contributed by atoms with Crippen molar-refractivity contribution >= 4 is 11.8 Å². The summed E-state index contributed by atoms with van der Waals surface area (Å²) in [6.07, 6.45) is 8.47. The van der Waals surface area contributed by atoms with Gasteiger partial charge in [-0.2, -0.15) is 5.10 Å². The molecule has 6 nitrogen and oxygen atoms in total. The van der Waals surface area contributed by atoms with Crippen LogP contribution in [0.5, 0.6) is 0 Å². The van der Waals surface area contributed by atoms with Crippen molar-refractivity contribution in [3.63, 3.8) is 0 Å². The minimum atomic E-state index is -0.232. The van der Waals surface area contributed by atoms with Crippen molar-refractivity contribution in [1.29, 1.82) is 0 Å². The Morgan fingerprint density at radius 3 is 2.54 bits per heavy atom. The third kappa shape index (κ3) is 4.10. The maximum atomic E-state index is 12.8. The number of likely N-dealkylation sites (tertiary alicyclic amines) is 2. The molecule has 1 unspecified atom stereocenters. The summed E-state index contributed by atoms with van der Waals surface area (Å²) in [5, 5.41) is 4.28. The predicted molar refractivity (Wildman–Crippen MR) is 101 cm³/mol. The number of amides is 2. The fourth-order valence-corrected chi connectivity index (χ4v) is 4.58. The Bertz CT molecular complexity index is 634. The van der Waals surface area contributed by atoms with Gasteiger partial charge < -0.3 is 9.80 Å². The van der Waals surface area contributed by atoms with Crippen molar-refractivity contribution in [2.75, 3.05) is 19.6 Å². The van der Waals surface area contributed by atoms with Crippen LogP contribution >= 0.6 is 0 Å². The molecule has 3 rings (SSSR count). The van der Waals surface area contributed by atoms with E-state index in [0.717, 1.165) is 57.4 Å². The number of rotatable bonds is 5. The van der Waals surface area contributed by atoms with Crippen LogP contribution in [0.15, 0.2) is 12.3 Å². The Labute approximate surface area is 156 Å². The molecule has 2 fully saturated rings. The largest absolute Gasteiger partial charge is 0.341 e. The minimum absolute atomic E-state index is 0.175. The Kier molecular flexibility index (Phi) is 5.99. The number of hydrogen-bond acceptors (Lipinski definition) is 3. The zero-order valence-corrected chi connectivity index (χ0v) is 16.4. The smallest absolute Gasteiger partial charge is 0.247 e. The van der Waals surface area contributed by atoms with E-state index in [9.17, 15) is 9.59 Å². The first kappa shape index (κ1) is 18.9. The van der Waals surface area contributed by atoms with Crippen molar-refractivity contribution in [1.82, 2.24) is 19.6 Å². The summed E-state index contributed by atoms with van der Waals surface area (Å²) >= 11 is 0. The standard InChI is InChI=1S/C20H32N4O2/c1-15-8-11-21-24(15)16(2)20(26)22-13-9-18(10-14-22)6-7-19-5-4-12-23(19)17(3)25/h8,11,16,18-19H,4-7,9-10,12-14H2,1-3H3/t16?,19-/m0/s1. The van der Waals surface area contributed by atoms with E-state index in [2.05, 4.69) is 5.10 Å². The first-order valence-corrected chi connectivity index (χ1v) is 10.0. The Morgan fingerprint density at radius 2 is 1.92 bits per heavy atom. The zero-order chi connectivity index (χ0) is 18.7. The van der Waals surface area contributed by atoms with Crippen LogP contribution in [-0.4, -0.2) is 57.1 Å². The molecular weight excluding hydrogens is 328 g/mol. The van der Waals surface area contributed by atoms with Crippen LogP contribution in [0.3, 0.4) is 0 Å². The first-order chi connectivity index (χ1) is 12.5. The summed E-state index contributed by atoms with van der Waals surface area (Å²) in [5.74, 6) is 1.07. The van der Waals surface area contributed by atoms with E-state index in [-0.39, 0.29) is 17.9 Å². The van der Waals surface area contributed by atoms with Crippen LogP contribution in [0.4, 0.5) is 0 Å². The number of piperidine rings is 1. The average molecular weight is 361 g/mol. The second kappa shape index (κ2) is 8.23. The number of aryl methyl sites for hydroxylation is 1. The van der Waals surface area contributed by atoms with Gasteiger partial charge in [-0.05, 0) is 64.4 Å². The second-order valence-electron chi connectivity index (χ2n) is 7.95. The van der Waals surface area contributed by atoms with E-state index in [1.54, 1.807) is 13.1 Å². The number of carbonyl (C=O) groups is 2. The van der Waals surface area contributed by atoms with Gasteiger partial charge in [0.05, 0.1) is 0 Å². The molecule has 1 aromatic rings. The van der Waals surface area contributed by atoms with Crippen LogP contribution < -0.4 is 0 Å². The monoisotopic (exact) mass is 360 g/mol. The molecule has 0 bridgehead atoms. The van der Waals surface area contributed by atoms with Gasteiger partial charge in [0.25, 0.3) is 0 Å². The second-order valence-corrected chi connectivity index (χ2v) is 7.95. The summed E-state index contributed by atoms with van der Waals surface area (Å²) < 4.78 is 1.81. The van der Waals surface area contributed by atoms with E-state index < -0.39 is 0 Å². The highest BCUT2D eigenvalue weighted by Gasteiger charge is 2.30. The molecule has 0 saturated carbocycles. The van der Waals surface area contributed by atoms with Crippen LogP contribution in [0, 0.1) is 12.8 Å². The number of carbonyl (C=O) groups excluding carboxylic acids is 2. The summed E-state index contributed by atoms with van der Waals surface area (Å²) in [7, 11) is 0. The quantitative estimate of drug-likeness (QED) is 0.811. The van der Waals surface area contributed by atoms with Crippen LogP contribution in [-0.2, 0) is 9.59 Å². The van der Waals surface area contributed by atoms with Crippen LogP contribution in [0.2, 0.25) is 0 Å². The van der Waals surface area contributed by atoms with Gasteiger partial charge in [0.15, 0.2) is 0 Å². The molecule has 0 aliphatic carbocycles. The zero-order valence-electron chi connectivity index (χ0n) is 16.4. The lowest BCUT2D eigenvalue weighted by molar-refractivity contribution is -0.136. The highest BCUT2D eigenvalue weighted by molar-refractivity contribution is 5.80. The molecular formula is C20H32N4O2. The van der Waals surface area contributed by atoms with Crippen molar-refractivity contribution < 1.29 is 9.59 Å². The highest BCUT2D eigenvalue weighted by atomic mass is 16.2. The molecule has 0 radical (unpaired) electrons. The summed E-state index contributed by atoms with van der Waals surface area (Å²) in [5.41, 5.74) is 1.02. The topological polar surface area (TPSA) is 58.4 Å². The molecule has 6 heteroatoms. The van der Waals surface area contributed by atoms with Crippen molar-refractivity contribution in [3.05, 3.63) is 18.0 Å². The van der Waals surface area contributed by atoms with Crippen molar-refractivity contribution in [2.24, 2.45) is 5.92 Å². The van der Waals surface area contributed by atoms with E-state index in [1.165, 1.54) is 6.42 Å². The van der Waals surface area contributed by atoms with E-state index in [1.807, 2.05) is 34.4 Å². The van der Waals surface area contributed by atoms with Gasteiger partial charge >= 0.3 is 0 Å². The van der Waals surface area contributed by atoms with Crippen molar-refractivity contribution in [3.8, 4) is 0 Å². The van der Waals surface area contributed by atoms with Gasteiger partial charge in [0.1, 0.15) is 6.04 Å². The first-order valence-electron chi connectivity index (χ1n) is 10.0. The maximum Gasteiger partial charge on any atom is 0.247 e. The Morgan fingerprint density at radius 1 is 1.19 bits per heavy atom. The van der Waals surface area contributed by atoms with Gasteiger partial charge in [-0.15, -0.1) is 0 Å². The van der Waals surface area contributed by atoms with Crippen LogP contribution in [0.1, 0.15) is 64.1 Å². The number of hydrogen-bond donors (Lipinski definition) is 0. The Hall–Kier alpha value is -1.85. The normalized spacial score (nSPS) is 22.7. The summed E-state index contributed by atoms with van der Waals surface area (Å²) in [4.78, 5) is 28.5. The van der Waals surface area contributed by atoms with Gasteiger partial charge in [-0.3, -0.25) is 14.3 Å². The number of aromatic nitrogens is 2. The lowest BCUT2D eigenvalue weighted by atomic mass is 9.90.